The maximum atomic E-state index is 11.8. The van der Waals surface area contributed by atoms with Gasteiger partial charge in [0.2, 0.25) is 0 Å². The van der Waals surface area contributed by atoms with E-state index in [1.54, 1.807) is 0 Å². The van der Waals surface area contributed by atoms with Gasteiger partial charge in [-0.25, -0.2) is 0 Å². The molecule has 2 atom stereocenters. The van der Waals surface area contributed by atoms with Crippen LogP contribution in [-0.4, -0.2) is 59.3 Å². The molecule has 0 rings (SSSR count). The fourth-order valence-electron chi connectivity index (χ4n) is 2.95. The molecule has 0 aliphatic heterocycles. The van der Waals surface area contributed by atoms with Gasteiger partial charge in [-0.3, -0.25) is 9.59 Å². The summed E-state index contributed by atoms with van der Waals surface area (Å²) < 4.78 is 10.3. The summed E-state index contributed by atoms with van der Waals surface area (Å²) >= 11 is 0. The molecule has 0 saturated heterocycles. The summed E-state index contributed by atoms with van der Waals surface area (Å²) in [5.74, 6) is -0.701. The fraction of sp³-hybridized carbons (Fsp3) is 0.909. The molecule has 3 N–H and O–H groups in total. The largest absolute Gasteiger partial charge is 0.462 e. The highest BCUT2D eigenvalue weighted by Crippen LogP contribution is 2.11. The van der Waals surface area contributed by atoms with Gasteiger partial charge in [0.15, 0.2) is 6.10 Å². The van der Waals surface area contributed by atoms with Crippen LogP contribution in [0.25, 0.3) is 0 Å². The Morgan fingerprint density at radius 1 is 0.759 bits per heavy atom. The van der Waals surface area contributed by atoms with E-state index < -0.39 is 12.2 Å². The summed E-state index contributed by atoms with van der Waals surface area (Å²) in [6.45, 7) is 1.49. The Kier molecular flexibility index (Phi) is 19.3. The second kappa shape index (κ2) is 20.1. The SMILES string of the molecule is CCCCCCCC(=O)OCC(CO)OC(=O)CCCCCCCCC(O)CO. The monoisotopic (exact) mass is 418 g/mol. The number of ether oxygens (including phenoxy) is 2. The van der Waals surface area contributed by atoms with E-state index in [1.165, 1.54) is 6.42 Å². The van der Waals surface area contributed by atoms with Crippen LogP contribution in [0.3, 0.4) is 0 Å². The van der Waals surface area contributed by atoms with E-state index >= 15 is 0 Å². The Morgan fingerprint density at radius 2 is 1.31 bits per heavy atom. The zero-order valence-corrected chi connectivity index (χ0v) is 18.2. The predicted molar refractivity (Wildman–Crippen MR) is 111 cm³/mol. The zero-order valence-electron chi connectivity index (χ0n) is 18.2. The van der Waals surface area contributed by atoms with Crippen LogP contribution in [0.5, 0.6) is 0 Å². The lowest BCUT2D eigenvalue weighted by Gasteiger charge is -2.15. The van der Waals surface area contributed by atoms with Crippen LogP contribution in [0.2, 0.25) is 0 Å². The Morgan fingerprint density at radius 3 is 1.90 bits per heavy atom. The molecule has 172 valence electrons. The van der Waals surface area contributed by atoms with Gasteiger partial charge >= 0.3 is 11.9 Å². The smallest absolute Gasteiger partial charge is 0.306 e. The molecule has 0 amide bonds. The van der Waals surface area contributed by atoms with Crippen LogP contribution in [0, 0.1) is 0 Å². The van der Waals surface area contributed by atoms with Gasteiger partial charge in [-0.1, -0.05) is 64.7 Å². The highest BCUT2D eigenvalue weighted by atomic mass is 16.6. The lowest BCUT2D eigenvalue weighted by atomic mass is 10.1. The summed E-state index contributed by atoms with van der Waals surface area (Å²) in [5.41, 5.74) is 0. The number of carbonyl (C=O) groups excluding carboxylic acids is 2. The molecule has 0 heterocycles. The Labute approximate surface area is 175 Å². The van der Waals surface area contributed by atoms with Crippen molar-refractivity contribution in [1.82, 2.24) is 0 Å². The predicted octanol–water partition coefficient (Wildman–Crippen LogP) is 3.27. The average molecular weight is 419 g/mol. The van der Waals surface area contributed by atoms with Gasteiger partial charge in [0.1, 0.15) is 6.61 Å². The number of unbranched alkanes of at least 4 members (excludes halogenated alkanes) is 9. The highest BCUT2D eigenvalue weighted by Gasteiger charge is 2.16. The third kappa shape index (κ3) is 18.6. The first-order valence-electron chi connectivity index (χ1n) is 11.3. The van der Waals surface area contributed by atoms with Gasteiger partial charge < -0.3 is 24.8 Å². The van der Waals surface area contributed by atoms with Crippen LogP contribution >= 0.6 is 0 Å². The second-order valence-electron chi connectivity index (χ2n) is 7.64. The van der Waals surface area contributed by atoms with Crippen LogP contribution < -0.4 is 0 Å². The first-order chi connectivity index (χ1) is 14.0. The molecule has 2 unspecified atom stereocenters. The van der Waals surface area contributed by atoms with Gasteiger partial charge in [0.25, 0.3) is 0 Å². The van der Waals surface area contributed by atoms with Gasteiger partial charge in [0.05, 0.1) is 19.3 Å². The normalized spacial score (nSPS) is 13.1. The summed E-state index contributed by atoms with van der Waals surface area (Å²) in [5, 5.41) is 27.3. The second-order valence-corrected chi connectivity index (χ2v) is 7.64. The fourth-order valence-corrected chi connectivity index (χ4v) is 2.95. The van der Waals surface area contributed by atoms with E-state index in [1.807, 2.05) is 0 Å². The quantitative estimate of drug-likeness (QED) is 0.205. The number of hydrogen-bond donors (Lipinski definition) is 3. The van der Waals surface area contributed by atoms with Crippen molar-refractivity contribution >= 4 is 11.9 Å². The van der Waals surface area contributed by atoms with E-state index in [0.717, 1.165) is 57.8 Å². The number of hydrogen-bond acceptors (Lipinski definition) is 7. The molecular weight excluding hydrogens is 376 g/mol. The molecule has 0 saturated carbocycles. The van der Waals surface area contributed by atoms with E-state index in [4.69, 9.17) is 14.6 Å². The van der Waals surface area contributed by atoms with Crippen molar-refractivity contribution in [3.8, 4) is 0 Å². The van der Waals surface area contributed by atoms with Crippen molar-refractivity contribution in [3.05, 3.63) is 0 Å². The van der Waals surface area contributed by atoms with Crippen molar-refractivity contribution in [1.29, 1.82) is 0 Å². The number of carbonyl (C=O) groups is 2. The number of aliphatic hydroxyl groups is 3. The first-order valence-corrected chi connectivity index (χ1v) is 11.3. The van der Waals surface area contributed by atoms with Crippen molar-refractivity contribution < 1.29 is 34.4 Å². The Balaban J connectivity index is 3.67. The highest BCUT2D eigenvalue weighted by molar-refractivity contribution is 5.70. The molecule has 0 aromatic heterocycles. The minimum Gasteiger partial charge on any atom is -0.462 e. The first kappa shape index (κ1) is 27.8. The molecule has 0 aliphatic carbocycles. The summed E-state index contributed by atoms with van der Waals surface area (Å²) in [4.78, 5) is 23.5. The topological polar surface area (TPSA) is 113 Å². The molecule has 0 aromatic carbocycles. The van der Waals surface area contributed by atoms with Crippen molar-refractivity contribution in [2.45, 2.75) is 109 Å². The summed E-state index contributed by atoms with van der Waals surface area (Å²) in [6.07, 6.45) is 10.6. The molecule has 0 radical (unpaired) electrons. The molecule has 0 aliphatic rings. The third-order valence-corrected chi connectivity index (χ3v) is 4.80. The van der Waals surface area contributed by atoms with Crippen molar-refractivity contribution in [2.75, 3.05) is 19.8 Å². The van der Waals surface area contributed by atoms with Gasteiger partial charge in [-0.15, -0.1) is 0 Å². The molecule has 0 bridgehead atoms. The molecule has 7 heteroatoms. The number of esters is 2. The van der Waals surface area contributed by atoms with Crippen LogP contribution in [0.15, 0.2) is 0 Å². The lowest BCUT2D eigenvalue weighted by molar-refractivity contribution is -0.161. The van der Waals surface area contributed by atoms with E-state index in [-0.39, 0.29) is 38.2 Å². The molecule has 0 fully saturated rings. The van der Waals surface area contributed by atoms with E-state index in [0.29, 0.717) is 19.3 Å². The van der Waals surface area contributed by atoms with Crippen LogP contribution in [0.4, 0.5) is 0 Å². The molecule has 7 nitrogen and oxygen atoms in total. The number of rotatable bonds is 20. The molecule has 29 heavy (non-hydrogen) atoms. The molecule has 0 spiro atoms. The lowest BCUT2D eigenvalue weighted by Crippen LogP contribution is -2.28. The molecular formula is C22H42O7. The summed E-state index contributed by atoms with van der Waals surface area (Å²) in [6, 6.07) is 0. The minimum atomic E-state index is -0.801. The van der Waals surface area contributed by atoms with Crippen molar-refractivity contribution in [3.63, 3.8) is 0 Å². The van der Waals surface area contributed by atoms with Crippen molar-refractivity contribution in [2.24, 2.45) is 0 Å². The van der Waals surface area contributed by atoms with Gasteiger partial charge in [0, 0.05) is 12.8 Å². The maximum Gasteiger partial charge on any atom is 0.306 e. The number of aliphatic hydroxyl groups excluding tert-OH is 3. The molecule has 0 aromatic rings. The standard InChI is InChI=1S/C22H42O7/c1-2-3-4-7-11-14-21(26)28-18-20(17-24)29-22(27)15-12-9-6-5-8-10-13-19(25)16-23/h19-20,23-25H,2-18H2,1H3. The van der Waals surface area contributed by atoms with Gasteiger partial charge in [-0.2, -0.15) is 0 Å². The average Bonchev–Trinajstić information content (AvgIpc) is 2.72. The third-order valence-electron chi connectivity index (χ3n) is 4.80. The van der Waals surface area contributed by atoms with Crippen LogP contribution in [-0.2, 0) is 19.1 Å². The maximum absolute atomic E-state index is 11.8. The minimum absolute atomic E-state index is 0.101. The van der Waals surface area contributed by atoms with Gasteiger partial charge in [-0.05, 0) is 19.3 Å². The van der Waals surface area contributed by atoms with E-state index in [2.05, 4.69) is 6.92 Å². The Hall–Kier alpha value is -1.18. The Bertz CT molecular complexity index is 401. The zero-order chi connectivity index (χ0) is 21.7. The van der Waals surface area contributed by atoms with E-state index in [9.17, 15) is 19.8 Å². The summed E-state index contributed by atoms with van der Waals surface area (Å²) in [7, 11) is 0. The van der Waals surface area contributed by atoms with Crippen LogP contribution in [0.1, 0.15) is 96.8 Å².